The van der Waals surface area contributed by atoms with Crippen molar-refractivity contribution in [3.63, 3.8) is 0 Å². The Morgan fingerprint density at radius 3 is 2.50 bits per heavy atom. The van der Waals surface area contributed by atoms with Crippen molar-refractivity contribution in [2.45, 2.75) is 6.92 Å². The lowest BCUT2D eigenvalue weighted by Crippen LogP contribution is -2.02. The Bertz CT molecular complexity index is 932. The highest BCUT2D eigenvalue weighted by Crippen LogP contribution is 2.29. The fourth-order valence-corrected chi connectivity index (χ4v) is 2.55. The molecule has 0 radical (unpaired) electrons. The minimum Gasteiger partial charge on any atom is -0.478 e. The smallest absolute Gasteiger partial charge is 0.339 e. The minimum absolute atomic E-state index is 0.0272. The van der Waals surface area contributed by atoms with Gasteiger partial charge in [0, 0.05) is 17.7 Å². The van der Waals surface area contributed by atoms with Crippen LogP contribution in [-0.2, 0) is 0 Å². The van der Waals surface area contributed by atoms with E-state index in [4.69, 9.17) is 0 Å². The Morgan fingerprint density at radius 1 is 1.17 bits per heavy atom. The standard InChI is InChI=1S/C17H13N3O4/c1-11-15(17(21)22)16(12-6-5-9-14(10-12)20(23)24)18-19(11)13-7-3-2-4-8-13/h2-10H,1H3,(H,21,22). The number of aromatic nitrogens is 2. The third kappa shape index (κ3) is 2.63. The molecule has 7 heteroatoms. The maximum absolute atomic E-state index is 11.7. The molecule has 0 unspecified atom stereocenters. The lowest BCUT2D eigenvalue weighted by molar-refractivity contribution is -0.384. The molecule has 0 aliphatic rings. The molecule has 0 spiro atoms. The highest BCUT2D eigenvalue weighted by Gasteiger charge is 2.23. The second kappa shape index (κ2) is 5.96. The SMILES string of the molecule is Cc1c(C(=O)O)c(-c2cccc([N+](=O)[O-])c2)nn1-c1ccccc1. The average Bonchev–Trinajstić information content (AvgIpc) is 2.93. The van der Waals surface area contributed by atoms with E-state index in [9.17, 15) is 20.0 Å². The normalized spacial score (nSPS) is 10.5. The first-order valence-corrected chi connectivity index (χ1v) is 7.12. The van der Waals surface area contributed by atoms with Gasteiger partial charge in [0.2, 0.25) is 0 Å². The highest BCUT2D eigenvalue weighted by molar-refractivity contribution is 5.96. The second-order valence-electron chi connectivity index (χ2n) is 5.17. The predicted octanol–water partition coefficient (Wildman–Crippen LogP) is 3.45. The largest absolute Gasteiger partial charge is 0.478 e. The minimum atomic E-state index is -1.13. The van der Waals surface area contributed by atoms with Gasteiger partial charge in [0.25, 0.3) is 5.69 Å². The molecule has 24 heavy (non-hydrogen) atoms. The third-order valence-corrected chi connectivity index (χ3v) is 3.66. The van der Waals surface area contributed by atoms with Crippen molar-refractivity contribution in [2.24, 2.45) is 0 Å². The summed E-state index contributed by atoms with van der Waals surface area (Å²) in [4.78, 5) is 22.1. The molecule has 0 fully saturated rings. The number of rotatable bonds is 4. The summed E-state index contributed by atoms with van der Waals surface area (Å²) < 4.78 is 1.53. The fourth-order valence-electron chi connectivity index (χ4n) is 2.55. The molecular formula is C17H13N3O4. The molecule has 0 bridgehead atoms. The van der Waals surface area contributed by atoms with Crippen LogP contribution >= 0.6 is 0 Å². The molecule has 1 aromatic heterocycles. The van der Waals surface area contributed by atoms with E-state index in [-0.39, 0.29) is 16.9 Å². The van der Waals surface area contributed by atoms with Gasteiger partial charge in [0.05, 0.1) is 16.3 Å². The molecule has 0 amide bonds. The molecule has 0 aliphatic carbocycles. The summed E-state index contributed by atoms with van der Waals surface area (Å²) in [7, 11) is 0. The summed E-state index contributed by atoms with van der Waals surface area (Å²) in [6.45, 7) is 1.66. The summed E-state index contributed by atoms with van der Waals surface area (Å²) in [5, 5.41) is 24.9. The van der Waals surface area contributed by atoms with E-state index in [0.29, 0.717) is 16.9 Å². The topological polar surface area (TPSA) is 98.3 Å². The van der Waals surface area contributed by atoms with Gasteiger partial charge in [-0.25, -0.2) is 9.48 Å². The maximum atomic E-state index is 11.7. The van der Waals surface area contributed by atoms with E-state index < -0.39 is 10.9 Å². The van der Waals surface area contributed by atoms with Gasteiger partial charge in [0.1, 0.15) is 11.3 Å². The Hall–Kier alpha value is -3.48. The van der Waals surface area contributed by atoms with E-state index in [1.54, 1.807) is 13.0 Å². The number of hydrogen-bond acceptors (Lipinski definition) is 4. The van der Waals surface area contributed by atoms with Crippen LogP contribution in [-0.4, -0.2) is 25.8 Å². The molecular weight excluding hydrogens is 310 g/mol. The quantitative estimate of drug-likeness (QED) is 0.585. The van der Waals surface area contributed by atoms with Crippen LogP contribution in [0.3, 0.4) is 0 Å². The molecule has 7 nitrogen and oxygen atoms in total. The number of carboxylic acids is 1. The molecule has 0 saturated heterocycles. The summed E-state index contributed by atoms with van der Waals surface area (Å²) in [6, 6.07) is 14.9. The van der Waals surface area contributed by atoms with E-state index in [1.807, 2.05) is 30.3 Å². The monoisotopic (exact) mass is 323 g/mol. The molecule has 1 heterocycles. The Labute approximate surface area is 136 Å². The molecule has 0 atom stereocenters. The third-order valence-electron chi connectivity index (χ3n) is 3.66. The summed E-state index contributed by atoms with van der Waals surface area (Å²) in [6.07, 6.45) is 0. The van der Waals surface area contributed by atoms with Crippen molar-refractivity contribution in [3.8, 4) is 16.9 Å². The molecule has 0 aliphatic heterocycles. The van der Waals surface area contributed by atoms with Crippen LogP contribution in [0, 0.1) is 17.0 Å². The molecule has 1 N–H and O–H groups in total. The van der Waals surface area contributed by atoms with Crippen LogP contribution in [0.15, 0.2) is 54.6 Å². The van der Waals surface area contributed by atoms with Crippen molar-refractivity contribution in [1.29, 1.82) is 0 Å². The number of para-hydroxylation sites is 1. The number of aromatic carboxylic acids is 1. The Morgan fingerprint density at radius 2 is 1.88 bits per heavy atom. The van der Waals surface area contributed by atoms with Crippen LogP contribution in [0.5, 0.6) is 0 Å². The summed E-state index contributed by atoms with van der Waals surface area (Å²) in [5.41, 5.74) is 1.67. The zero-order chi connectivity index (χ0) is 17.3. The number of nitro benzene ring substituents is 1. The molecule has 2 aromatic carbocycles. The average molecular weight is 323 g/mol. The van der Waals surface area contributed by atoms with E-state index in [0.717, 1.165) is 0 Å². The van der Waals surface area contributed by atoms with Crippen LogP contribution < -0.4 is 0 Å². The van der Waals surface area contributed by atoms with Crippen LogP contribution in [0.2, 0.25) is 0 Å². The number of carbonyl (C=O) groups is 1. The number of carboxylic acid groups (broad SMARTS) is 1. The Kier molecular flexibility index (Phi) is 3.83. The molecule has 120 valence electrons. The zero-order valence-electron chi connectivity index (χ0n) is 12.7. The van der Waals surface area contributed by atoms with Crippen LogP contribution in [0.1, 0.15) is 16.1 Å². The van der Waals surface area contributed by atoms with Gasteiger partial charge in [-0.05, 0) is 19.1 Å². The lowest BCUT2D eigenvalue weighted by atomic mass is 10.1. The van der Waals surface area contributed by atoms with Crippen LogP contribution in [0.4, 0.5) is 5.69 Å². The van der Waals surface area contributed by atoms with Crippen molar-refractivity contribution in [1.82, 2.24) is 9.78 Å². The van der Waals surface area contributed by atoms with Crippen LogP contribution in [0.25, 0.3) is 16.9 Å². The van der Waals surface area contributed by atoms with Gasteiger partial charge in [-0.1, -0.05) is 30.3 Å². The van der Waals surface area contributed by atoms with Gasteiger partial charge < -0.3 is 5.11 Å². The van der Waals surface area contributed by atoms with Gasteiger partial charge in [-0.3, -0.25) is 10.1 Å². The van der Waals surface area contributed by atoms with E-state index in [2.05, 4.69) is 5.10 Å². The number of nitrogens with zero attached hydrogens (tertiary/aromatic N) is 3. The molecule has 3 rings (SSSR count). The van der Waals surface area contributed by atoms with Gasteiger partial charge in [-0.15, -0.1) is 0 Å². The number of nitro groups is 1. The fraction of sp³-hybridized carbons (Fsp3) is 0.0588. The highest BCUT2D eigenvalue weighted by atomic mass is 16.6. The van der Waals surface area contributed by atoms with Crippen molar-refractivity contribution < 1.29 is 14.8 Å². The van der Waals surface area contributed by atoms with Gasteiger partial charge in [-0.2, -0.15) is 5.10 Å². The molecule has 3 aromatic rings. The second-order valence-corrected chi connectivity index (χ2v) is 5.17. The zero-order valence-corrected chi connectivity index (χ0v) is 12.7. The van der Waals surface area contributed by atoms with Crippen molar-refractivity contribution in [2.75, 3.05) is 0 Å². The number of benzene rings is 2. The first kappa shape index (κ1) is 15.4. The first-order chi connectivity index (χ1) is 11.5. The Balaban J connectivity index is 2.23. The predicted molar refractivity (Wildman–Crippen MR) is 87.4 cm³/mol. The van der Waals surface area contributed by atoms with Gasteiger partial charge >= 0.3 is 5.97 Å². The van der Waals surface area contributed by atoms with E-state index in [1.165, 1.54) is 22.9 Å². The van der Waals surface area contributed by atoms with Crippen molar-refractivity contribution in [3.05, 3.63) is 76.0 Å². The maximum Gasteiger partial charge on any atom is 0.339 e. The number of hydrogen-bond donors (Lipinski definition) is 1. The van der Waals surface area contributed by atoms with Crippen molar-refractivity contribution >= 4 is 11.7 Å². The first-order valence-electron chi connectivity index (χ1n) is 7.12. The van der Waals surface area contributed by atoms with E-state index >= 15 is 0 Å². The number of non-ortho nitro benzene ring substituents is 1. The summed E-state index contributed by atoms with van der Waals surface area (Å²) in [5.74, 6) is -1.13. The molecule has 0 saturated carbocycles. The summed E-state index contributed by atoms with van der Waals surface area (Å²) >= 11 is 0. The lowest BCUT2D eigenvalue weighted by Gasteiger charge is -2.03. The van der Waals surface area contributed by atoms with Gasteiger partial charge in [0.15, 0.2) is 0 Å².